The maximum atomic E-state index is 11.6. The van der Waals surface area contributed by atoms with Gasteiger partial charge >= 0.3 is 0 Å². The highest BCUT2D eigenvalue weighted by atomic mass is 16.2. The molecule has 1 heterocycles. The fourth-order valence-corrected chi connectivity index (χ4v) is 1.50. The van der Waals surface area contributed by atoms with Crippen LogP contribution in [0.4, 0.5) is 11.6 Å². The Balaban J connectivity index is 2.78. The third-order valence-corrected chi connectivity index (χ3v) is 2.76. The van der Waals surface area contributed by atoms with Crippen LogP contribution in [0.25, 0.3) is 0 Å². The zero-order chi connectivity index (χ0) is 13.8. The second kappa shape index (κ2) is 5.63. The molecule has 7 nitrogen and oxygen atoms in total. The van der Waals surface area contributed by atoms with E-state index in [0.29, 0.717) is 18.2 Å². The van der Waals surface area contributed by atoms with Crippen molar-refractivity contribution < 1.29 is 4.79 Å². The Bertz CT molecular complexity index is 432. The highest BCUT2D eigenvalue weighted by Gasteiger charge is 2.26. The second-order valence-electron chi connectivity index (χ2n) is 4.66. The summed E-state index contributed by atoms with van der Waals surface area (Å²) in [5, 5.41) is 5.77. The fourth-order valence-electron chi connectivity index (χ4n) is 1.50. The average Bonchev–Trinajstić information content (AvgIpc) is 2.36. The number of hydrazine groups is 1. The van der Waals surface area contributed by atoms with Crippen molar-refractivity contribution in [3.05, 3.63) is 11.9 Å². The maximum absolute atomic E-state index is 11.6. The first kappa shape index (κ1) is 14.2. The average molecular weight is 252 g/mol. The summed E-state index contributed by atoms with van der Waals surface area (Å²) in [6.45, 7) is 6.04. The minimum Gasteiger partial charge on any atom is -0.369 e. The van der Waals surface area contributed by atoms with E-state index in [4.69, 9.17) is 5.84 Å². The number of rotatable bonds is 5. The van der Waals surface area contributed by atoms with E-state index in [1.165, 1.54) is 6.33 Å². The van der Waals surface area contributed by atoms with Crippen molar-refractivity contribution in [3.63, 3.8) is 0 Å². The number of amides is 1. The first-order valence-electron chi connectivity index (χ1n) is 5.66. The number of nitrogens with one attached hydrogen (secondary N) is 3. The minimum atomic E-state index is -0.525. The molecule has 0 aliphatic heterocycles. The van der Waals surface area contributed by atoms with E-state index >= 15 is 0 Å². The number of hydrogen-bond acceptors (Lipinski definition) is 6. The fraction of sp³-hybridized carbons (Fsp3) is 0.545. The molecule has 0 unspecified atom stereocenters. The number of nitrogens with zero attached hydrogens (tertiary/aromatic N) is 2. The number of hydrogen-bond donors (Lipinski definition) is 4. The minimum absolute atomic E-state index is 0.0288. The summed E-state index contributed by atoms with van der Waals surface area (Å²) in [5.74, 6) is 6.53. The summed E-state index contributed by atoms with van der Waals surface area (Å²) in [6.07, 6.45) is 1.41. The van der Waals surface area contributed by atoms with E-state index < -0.39 is 5.41 Å². The lowest BCUT2D eigenvalue weighted by atomic mass is 9.92. The molecule has 5 N–H and O–H groups in total. The first-order valence-corrected chi connectivity index (χ1v) is 5.66. The maximum Gasteiger partial charge on any atom is 0.227 e. The van der Waals surface area contributed by atoms with Gasteiger partial charge in [-0.25, -0.2) is 15.8 Å². The van der Waals surface area contributed by atoms with E-state index in [9.17, 15) is 4.79 Å². The highest BCUT2D eigenvalue weighted by molar-refractivity contribution is 5.82. The quantitative estimate of drug-likeness (QED) is 0.442. The largest absolute Gasteiger partial charge is 0.369 e. The Kier molecular flexibility index (Phi) is 4.43. The van der Waals surface area contributed by atoms with Gasteiger partial charge in [0.2, 0.25) is 5.91 Å². The SMILES string of the molecule is CNC(=O)C(C)(C)CNc1ncnc(NN)c1C. The number of anilines is 2. The molecule has 1 amide bonds. The van der Waals surface area contributed by atoms with Gasteiger partial charge in [0.15, 0.2) is 0 Å². The van der Waals surface area contributed by atoms with Gasteiger partial charge < -0.3 is 16.1 Å². The molecule has 0 saturated carbocycles. The van der Waals surface area contributed by atoms with E-state index in [0.717, 1.165) is 5.56 Å². The van der Waals surface area contributed by atoms with Crippen molar-refractivity contribution in [2.24, 2.45) is 11.3 Å². The van der Waals surface area contributed by atoms with Gasteiger partial charge in [0, 0.05) is 19.2 Å². The van der Waals surface area contributed by atoms with Crippen molar-refractivity contribution in [1.82, 2.24) is 15.3 Å². The van der Waals surface area contributed by atoms with Crippen LogP contribution < -0.4 is 21.9 Å². The normalized spacial score (nSPS) is 10.9. The van der Waals surface area contributed by atoms with Crippen molar-refractivity contribution in [3.8, 4) is 0 Å². The van der Waals surface area contributed by atoms with Gasteiger partial charge in [-0.3, -0.25) is 4.79 Å². The monoisotopic (exact) mass is 252 g/mol. The summed E-state index contributed by atoms with van der Waals surface area (Å²) in [7, 11) is 1.62. The van der Waals surface area contributed by atoms with Crippen LogP contribution in [0.2, 0.25) is 0 Å². The molecule has 1 aromatic rings. The van der Waals surface area contributed by atoms with Gasteiger partial charge in [-0.1, -0.05) is 0 Å². The zero-order valence-corrected chi connectivity index (χ0v) is 11.2. The van der Waals surface area contributed by atoms with Gasteiger partial charge in [-0.15, -0.1) is 0 Å². The molecule has 0 radical (unpaired) electrons. The Labute approximate surface area is 107 Å². The number of nitrogens with two attached hydrogens (primary N) is 1. The van der Waals surface area contributed by atoms with Crippen LogP contribution in [0, 0.1) is 12.3 Å². The molecule has 7 heteroatoms. The molecular formula is C11H20N6O. The van der Waals surface area contributed by atoms with Crippen molar-refractivity contribution in [2.45, 2.75) is 20.8 Å². The number of aromatic nitrogens is 2. The number of nitrogen functional groups attached to an aromatic ring is 1. The lowest BCUT2D eigenvalue weighted by molar-refractivity contribution is -0.128. The Morgan fingerprint density at radius 3 is 2.56 bits per heavy atom. The molecule has 0 fully saturated rings. The molecule has 0 saturated heterocycles. The number of carbonyl (C=O) groups excluding carboxylic acids is 1. The molecule has 0 atom stereocenters. The summed E-state index contributed by atoms with van der Waals surface area (Å²) in [6, 6.07) is 0. The van der Waals surface area contributed by atoms with Crippen LogP contribution in [0.15, 0.2) is 6.33 Å². The predicted octanol–water partition coefficient (Wildman–Crippen LogP) is 0.255. The smallest absolute Gasteiger partial charge is 0.227 e. The van der Waals surface area contributed by atoms with E-state index in [-0.39, 0.29) is 5.91 Å². The molecule has 0 bridgehead atoms. The second-order valence-corrected chi connectivity index (χ2v) is 4.66. The highest BCUT2D eigenvalue weighted by Crippen LogP contribution is 2.20. The summed E-state index contributed by atoms with van der Waals surface area (Å²) < 4.78 is 0. The molecule has 18 heavy (non-hydrogen) atoms. The molecule has 1 aromatic heterocycles. The summed E-state index contributed by atoms with van der Waals surface area (Å²) in [4.78, 5) is 19.8. The third-order valence-electron chi connectivity index (χ3n) is 2.76. The molecule has 0 aromatic carbocycles. The first-order chi connectivity index (χ1) is 8.42. The summed E-state index contributed by atoms with van der Waals surface area (Å²) in [5.41, 5.74) is 2.78. The predicted molar refractivity (Wildman–Crippen MR) is 70.9 cm³/mol. The zero-order valence-electron chi connectivity index (χ0n) is 11.2. The molecule has 0 aliphatic rings. The van der Waals surface area contributed by atoms with E-state index in [2.05, 4.69) is 26.0 Å². The van der Waals surface area contributed by atoms with Crippen LogP contribution >= 0.6 is 0 Å². The third kappa shape index (κ3) is 3.07. The summed E-state index contributed by atoms with van der Waals surface area (Å²) >= 11 is 0. The molecule has 100 valence electrons. The van der Waals surface area contributed by atoms with Crippen LogP contribution in [-0.2, 0) is 4.79 Å². The van der Waals surface area contributed by atoms with Crippen LogP contribution in [0.3, 0.4) is 0 Å². The van der Waals surface area contributed by atoms with Gasteiger partial charge in [0.05, 0.1) is 5.41 Å². The van der Waals surface area contributed by atoms with Crippen molar-refractivity contribution in [2.75, 3.05) is 24.3 Å². The van der Waals surface area contributed by atoms with E-state index in [1.807, 2.05) is 20.8 Å². The van der Waals surface area contributed by atoms with Crippen LogP contribution in [-0.4, -0.2) is 29.5 Å². The molecular weight excluding hydrogens is 232 g/mol. The standard InChI is InChI=1S/C11H20N6O/c1-7-8(15-6-16-9(7)17-12)14-5-11(2,3)10(18)13-4/h6H,5,12H2,1-4H3,(H,13,18)(H2,14,15,16,17). The lowest BCUT2D eigenvalue weighted by Crippen LogP contribution is -2.39. The Morgan fingerprint density at radius 1 is 1.39 bits per heavy atom. The lowest BCUT2D eigenvalue weighted by Gasteiger charge is -2.23. The van der Waals surface area contributed by atoms with Crippen LogP contribution in [0.1, 0.15) is 19.4 Å². The molecule has 0 spiro atoms. The Hall–Kier alpha value is -1.89. The van der Waals surface area contributed by atoms with Crippen LogP contribution in [0.5, 0.6) is 0 Å². The van der Waals surface area contributed by atoms with Gasteiger partial charge in [-0.2, -0.15) is 0 Å². The van der Waals surface area contributed by atoms with Crippen molar-refractivity contribution >= 4 is 17.5 Å². The van der Waals surface area contributed by atoms with Crippen molar-refractivity contribution in [1.29, 1.82) is 0 Å². The van der Waals surface area contributed by atoms with E-state index in [1.54, 1.807) is 7.05 Å². The van der Waals surface area contributed by atoms with Gasteiger partial charge in [0.1, 0.15) is 18.0 Å². The Morgan fingerprint density at radius 2 is 2.00 bits per heavy atom. The number of carbonyl (C=O) groups is 1. The molecule has 1 rings (SSSR count). The molecule has 0 aliphatic carbocycles. The topological polar surface area (TPSA) is 105 Å². The van der Waals surface area contributed by atoms with Gasteiger partial charge in [0.25, 0.3) is 0 Å². The van der Waals surface area contributed by atoms with Gasteiger partial charge in [-0.05, 0) is 20.8 Å².